The Bertz CT molecular complexity index is 722. The molecule has 3 aromatic rings. The van der Waals surface area contributed by atoms with E-state index in [2.05, 4.69) is 26.7 Å². The Hall–Kier alpha value is -0.790. The molecule has 0 saturated carbocycles. The molecular formula is C13H10BrFN2S2. The van der Waals surface area contributed by atoms with Crippen molar-refractivity contribution in [3.05, 3.63) is 55.8 Å². The standard InChI is InChI=1S/C13H10BrFN2S2/c14-10-6-18-5-9(10)13(17-16)12-4-7-3-8(15)1-2-11(7)19-12/h1-6,13,17H,16H2. The van der Waals surface area contributed by atoms with Gasteiger partial charge in [0.2, 0.25) is 0 Å². The van der Waals surface area contributed by atoms with E-state index >= 15 is 0 Å². The van der Waals surface area contributed by atoms with Gasteiger partial charge >= 0.3 is 0 Å². The molecule has 2 heterocycles. The summed E-state index contributed by atoms with van der Waals surface area (Å²) in [5.41, 5.74) is 3.93. The highest BCUT2D eigenvalue weighted by atomic mass is 79.9. The van der Waals surface area contributed by atoms with Crippen molar-refractivity contribution in [2.24, 2.45) is 5.84 Å². The lowest BCUT2D eigenvalue weighted by atomic mass is 10.1. The minimum atomic E-state index is -0.217. The van der Waals surface area contributed by atoms with Crippen molar-refractivity contribution in [3.63, 3.8) is 0 Å². The van der Waals surface area contributed by atoms with Gasteiger partial charge in [-0.25, -0.2) is 9.82 Å². The maximum atomic E-state index is 13.2. The summed E-state index contributed by atoms with van der Waals surface area (Å²) in [6.45, 7) is 0. The average molecular weight is 357 g/mol. The molecule has 0 amide bonds. The van der Waals surface area contributed by atoms with Crippen LogP contribution in [-0.4, -0.2) is 0 Å². The number of hydrogen-bond donors (Lipinski definition) is 2. The van der Waals surface area contributed by atoms with Gasteiger partial charge in [0.05, 0.1) is 6.04 Å². The lowest BCUT2D eigenvalue weighted by Gasteiger charge is -2.13. The number of nitrogens with one attached hydrogen (secondary N) is 1. The van der Waals surface area contributed by atoms with E-state index < -0.39 is 0 Å². The molecule has 0 aliphatic heterocycles. The molecule has 0 aliphatic carbocycles. The van der Waals surface area contributed by atoms with E-state index in [4.69, 9.17) is 5.84 Å². The molecular weight excluding hydrogens is 347 g/mol. The van der Waals surface area contributed by atoms with Gasteiger partial charge in [0.1, 0.15) is 5.82 Å². The topological polar surface area (TPSA) is 38.0 Å². The quantitative estimate of drug-likeness (QED) is 0.538. The zero-order valence-corrected chi connectivity index (χ0v) is 12.9. The maximum absolute atomic E-state index is 13.2. The van der Waals surface area contributed by atoms with Gasteiger partial charge in [-0.15, -0.1) is 11.3 Å². The van der Waals surface area contributed by atoms with E-state index in [-0.39, 0.29) is 11.9 Å². The third-order valence-corrected chi connectivity index (χ3v) is 5.83. The fourth-order valence-electron chi connectivity index (χ4n) is 2.00. The van der Waals surface area contributed by atoms with Crippen LogP contribution in [0, 0.1) is 5.82 Å². The number of halogens is 2. The Balaban J connectivity index is 2.09. The van der Waals surface area contributed by atoms with Crippen LogP contribution in [0.3, 0.4) is 0 Å². The molecule has 2 aromatic heterocycles. The van der Waals surface area contributed by atoms with Gasteiger partial charge in [-0.3, -0.25) is 5.84 Å². The molecule has 2 nitrogen and oxygen atoms in total. The first kappa shape index (κ1) is 13.2. The number of thiophene rings is 2. The summed E-state index contributed by atoms with van der Waals surface area (Å²) in [5.74, 6) is 5.47. The van der Waals surface area contributed by atoms with Gasteiger partial charge in [-0.05, 0) is 51.0 Å². The second-order valence-electron chi connectivity index (χ2n) is 4.11. The van der Waals surface area contributed by atoms with Gasteiger partial charge in [0.25, 0.3) is 0 Å². The third-order valence-electron chi connectivity index (χ3n) is 2.90. The zero-order valence-electron chi connectivity index (χ0n) is 9.69. The van der Waals surface area contributed by atoms with Crippen LogP contribution in [0.25, 0.3) is 10.1 Å². The summed E-state index contributed by atoms with van der Waals surface area (Å²) in [5, 5.41) is 4.98. The number of nitrogens with two attached hydrogens (primary N) is 1. The Morgan fingerprint density at radius 3 is 2.79 bits per heavy atom. The maximum Gasteiger partial charge on any atom is 0.123 e. The number of hydrogen-bond acceptors (Lipinski definition) is 4. The minimum Gasteiger partial charge on any atom is -0.271 e. The average Bonchev–Trinajstić information content (AvgIpc) is 2.97. The number of rotatable bonds is 3. The monoisotopic (exact) mass is 356 g/mol. The first-order chi connectivity index (χ1) is 9.19. The van der Waals surface area contributed by atoms with Crippen molar-refractivity contribution in [2.45, 2.75) is 6.04 Å². The fraction of sp³-hybridized carbons (Fsp3) is 0.0769. The Morgan fingerprint density at radius 2 is 2.11 bits per heavy atom. The van der Waals surface area contributed by atoms with Crippen LogP contribution in [0.5, 0.6) is 0 Å². The highest BCUT2D eigenvalue weighted by molar-refractivity contribution is 9.10. The number of benzene rings is 1. The molecule has 6 heteroatoms. The highest BCUT2D eigenvalue weighted by Gasteiger charge is 2.18. The van der Waals surface area contributed by atoms with Gasteiger partial charge in [-0.1, -0.05) is 0 Å². The molecule has 3 N–H and O–H groups in total. The number of fused-ring (bicyclic) bond motifs is 1. The lowest BCUT2D eigenvalue weighted by molar-refractivity contribution is 0.629. The van der Waals surface area contributed by atoms with Crippen LogP contribution in [0.2, 0.25) is 0 Å². The van der Waals surface area contributed by atoms with E-state index in [0.29, 0.717) is 0 Å². The van der Waals surface area contributed by atoms with E-state index in [1.165, 1.54) is 6.07 Å². The molecule has 0 saturated heterocycles. The summed E-state index contributed by atoms with van der Waals surface area (Å²) in [4.78, 5) is 1.07. The molecule has 0 aliphatic rings. The van der Waals surface area contributed by atoms with Crippen molar-refractivity contribution in [3.8, 4) is 0 Å². The molecule has 19 heavy (non-hydrogen) atoms. The van der Waals surface area contributed by atoms with Gasteiger partial charge in [-0.2, -0.15) is 11.3 Å². The Labute approximate surface area is 126 Å². The van der Waals surface area contributed by atoms with Gasteiger partial charge in [0, 0.05) is 25.0 Å². The molecule has 0 radical (unpaired) electrons. The molecule has 0 spiro atoms. The summed E-state index contributed by atoms with van der Waals surface area (Å²) < 4.78 is 15.3. The van der Waals surface area contributed by atoms with Crippen LogP contribution >= 0.6 is 38.6 Å². The fourth-order valence-corrected chi connectivity index (χ4v) is 4.68. The second-order valence-corrected chi connectivity index (χ2v) is 6.82. The van der Waals surface area contributed by atoms with Gasteiger partial charge < -0.3 is 0 Å². The van der Waals surface area contributed by atoms with Gasteiger partial charge in [0.15, 0.2) is 0 Å². The van der Waals surface area contributed by atoms with E-state index in [1.807, 2.05) is 11.4 Å². The van der Waals surface area contributed by atoms with Crippen molar-refractivity contribution < 1.29 is 4.39 Å². The normalized spacial score (nSPS) is 13.0. The van der Waals surface area contributed by atoms with Crippen molar-refractivity contribution in [1.29, 1.82) is 0 Å². The highest BCUT2D eigenvalue weighted by Crippen LogP contribution is 2.36. The minimum absolute atomic E-state index is 0.0823. The van der Waals surface area contributed by atoms with Crippen molar-refractivity contribution in [1.82, 2.24) is 5.43 Å². The predicted octanol–water partition coefficient (Wildman–Crippen LogP) is 4.42. The van der Waals surface area contributed by atoms with Crippen LogP contribution in [0.15, 0.2) is 39.5 Å². The summed E-state index contributed by atoms with van der Waals surface area (Å²) in [6.07, 6.45) is 0. The van der Waals surface area contributed by atoms with Crippen LogP contribution < -0.4 is 11.3 Å². The Morgan fingerprint density at radius 1 is 1.26 bits per heavy atom. The molecule has 3 rings (SSSR count). The Kier molecular flexibility index (Phi) is 3.68. The molecule has 0 fully saturated rings. The molecule has 0 bridgehead atoms. The van der Waals surface area contributed by atoms with E-state index in [9.17, 15) is 4.39 Å². The van der Waals surface area contributed by atoms with Crippen molar-refractivity contribution in [2.75, 3.05) is 0 Å². The number of hydrazine groups is 1. The summed E-state index contributed by atoms with van der Waals surface area (Å²) >= 11 is 6.76. The van der Waals surface area contributed by atoms with Crippen LogP contribution in [0.1, 0.15) is 16.5 Å². The SMILES string of the molecule is NNC(c1cc2cc(F)ccc2s1)c1cscc1Br. The first-order valence-corrected chi connectivity index (χ1v) is 8.11. The van der Waals surface area contributed by atoms with Crippen molar-refractivity contribution >= 4 is 48.7 Å². The van der Waals surface area contributed by atoms with Crippen LogP contribution in [0.4, 0.5) is 4.39 Å². The largest absolute Gasteiger partial charge is 0.271 e. The van der Waals surface area contributed by atoms with Crippen LogP contribution in [-0.2, 0) is 0 Å². The smallest absolute Gasteiger partial charge is 0.123 e. The second kappa shape index (κ2) is 5.30. The van der Waals surface area contributed by atoms with E-state index in [0.717, 1.165) is 25.0 Å². The third kappa shape index (κ3) is 2.46. The predicted molar refractivity (Wildman–Crippen MR) is 83.0 cm³/mol. The summed E-state index contributed by atoms with van der Waals surface area (Å²) in [6, 6.07) is 6.73. The van der Waals surface area contributed by atoms with E-state index in [1.54, 1.807) is 34.8 Å². The summed E-state index contributed by atoms with van der Waals surface area (Å²) in [7, 11) is 0. The first-order valence-electron chi connectivity index (χ1n) is 5.56. The molecule has 98 valence electrons. The zero-order chi connectivity index (χ0) is 13.4. The lowest BCUT2D eigenvalue weighted by Crippen LogP contribution is -2.28. The molecule has 1 unspecified atom stereocenters. The molecule has 1 aromatic carbocycles. The molecule has 1 atom stereocenters.